The second kappa shape index (κ2) is 15.0. The number of rotatable bonds is 14. The number of carbonyl (C=O) groups excluding carboxylic acids is 2. The van der Waals surface area contributed by atoms with Crippen molar-refractivity contribution in [2.24, 2.45) is 0 Å². The van der Waals surface area contributed by atoms with Crippen molar-refractivity contribution in [2.75, 3.05) is 45.0 Å². The van der Waals surface area contributed by atoms with Gasteiger partial charge < -0.3 is 24.8 Å². The molecule has 1 unspecified atom stereocenters. The lowest BCUT2D eigenvalue weighted by molar-refractivity contribution is -0.120. The molecule has 0 aromatic heterocycles. The van der Waals surface area contributed by atoms with Crippen LogP contribution in [-0.4, -0.2) is 61.9 Å². The van der Waals surface area contributed by atoms with Crippen LogP contribution in [0.15, 0.2) is 0 Å². The van der Waals surface area contributed by atoms with E-state index in [9.17, 15) is 14.5 Å². The normalized spacial score (nSPS) is 13.1. The SMILES string of the molecule is CSCCC(=O)NCCOC(=O)NCCCCCCOP(C)(O)=S. The first kappa shape index (κ1) is 23.7. The average molecular weight is 401 g/mol. The van der Waals surface area contributed by atoms with E-state index >= 15 is 0 Å². The van der Waals surface area contributed by atoms with E-state index < -0.39 is 12.6 Å². The summed E-state index contributed by atoms with van der Waals surface area (Å²) >= 11 is 6.38. The molecule has 0 heterocycles. The number of ether oxygens (including phenoxy) is 1. The van der Waals surface area contributed by atoms with Gasteiger partial charge in [-0.15, -0.1) is 0 Å². The van der Waals surface area contributed by atoms with Gasteiger partial charge in [0.1, 0.15) is 6.61 Å². The topological polar surface area (TPSA) is 96.9 Å². The highest BCUT2D eigenvalue weighted by Crippen LogP contribution is 2.37. The van der Waals surface area contributed by atoms with Crippen molar-refractivity contribution < 1.29 is 23.7 Å². The molecule has 7 nitrogen and oxygen atoms in total. The Bertz CT molecular complexity index is 407. The highest BCUT2D eigenvalue weighted by Gasteiger charge is 2.04. The zero-order chi connectivity index (χ0) is 18.3. The summed E-state index contributed by atoms with van der Waals surface area (Å²) in [6.45, 7) is 0.518. The molecular weight excluding hydrogens is 371 g/mol. The van der Waals surface area contributed by atoms with Crippen LogP contribution < -0.4 is 10.6 Å². The Balaban J connectivity index is 3.35. The van der Waals surface area contributed by atoms with Gasteiger partial charge in [0.05, 0.1) is 13.2 Å². The molecule has 142 valence electrons. The lowest BCUT2D eigenvalue weighted by atomic mass is 10.2. The van der Waals surface area contributed by atoms with Gasteiger partial charge in [-0.25, -0.2) is 4.79 Å². The van der Waals surface area contributed by atoms with Gasteiger partial charge in [-0.3, -0.25) is 4.79 Å². The van der Waals surface area contributed by atoms with Crippen LogP contribution >= 0.6 is 18.3 Å². The molecule has 0 spiro atoms. The molecule has 10 heteroatoms. The predicted octanol–water partition coefficient (Wildman–Crippen LogP) is 2.09. The van der Waals surface area contributed by atoms with Crippen LogP contribution in [0.4, 0.5) is 4.79 Å². The van der Waals surface area contributed by atoms with E-state index in [0.29, 0.717) is 26.1 Å². The fourth-order valence-corrected chi connectivity index (χ4v) is 2.75. The highest BCUT2D eigenvalue weighted by molar-refractivity contribution is 8.09. The summed E-state index contributed by atoms with van der Waals surface area (Å²) in [6, 6.07) is 0. The average Bonchev–Trinajstić information content (AvgIpc) is 2.51. The molecule has 2 amide bonds. The van der Waals surface area contributed by atoms with Gasteiger partial charge in [0, 0.05) is 25.4 Å². The predicted molar refractivity (Wildman–Crippen MR) is 102 cm³/mol. The van der Waals surface area contributed by atoms with Crippen LogP contribution in [0, 0.1) is 0 Å². The third-order valence-corrected chi connectivity index (χ3v) is 4.45. The Morgan fingerprint density at radius 1 is 1.12 bits per heavy atom. The first-order valence-electron chi connectivity index (χ1n) is 7.96. The number of hydrogen-bond donors (Lipinski definition) is 3. The Labute approximate surface area is 153 Å². The quantitative estimate of drug-likeness (QED) is 0.303. The van der Waals surface area contributed by atoms with Gasteiger partial charge in [0.15, 0.2) is 6.49 Å². The lowest BCUT2D eigenvalue weighted by Crippen LogP contribution is -2.31. The van der Waals surface area contributed by atoms with Crippen molar-refractivity contribution in [1.82, 2.24) is 10.6 Å². The van der Waals surface area contributed by atoms with Crippen molar-refractivity contribution in [3.63, 3.8) is 0 Å². The molecule has 0 aromatic rings. The largest absolute Gasteiger partial charge is 0.448 e. The fraction of sp³-hybridized carbons (Fsp3) is 0.857. The van der Waals surface area contributed by atoms with Gasteiger partial charge in [0.25, 0.3) is 0 Å². The number of alkyl carbamates (subject to hydrolysis) is 1. The molecule has 0 rings (SSSR count). The Kier molecular flexibility index (Phi) is 14.7. The van der Waals surface area contributed by atoms with Crippen LogP contribution in [0.5, 0.6) is 0 Å². The van der Waals surface area contributed by atoms with Gasteiger partial charge in [-0.2, -0.15) is 11.8 Å². The fourth-order valence-electron chi connectivity index (χ4n) is 1.67. The Morgan fingerprint density at radius 3 is 2.50 bits per heavy atom. The first-order valence-corrected chi connectivity index (χ1v) is 12.5. The van der Waals surface area contributed by atoms with Crippen LogP contribution in [-0.2, 0) is 25.9 Å². The van der Waals surface area contributed by atoms with Crippen molar-refractivity contribution in [2.45, 2.75) is 32.1 Å². The van der Waals surface area contributed by atoms with Crippen LogP contribution in [0.2, 0.25) is 0 Å². The molecule has 3 N–H and O–H groups in total. The molecule has 0 fully saturated rings. The summed E-state index contributed by atoms with van der Waals surface area (Å²) in [5.74, 6) is 0.755. The minimum absolute atomic E-state index is 0.0305. The maximum atomic E-state index is 11.4. The number of nitrogens with one attached hydrogen (secondary N) is 2. The van der Waals surface area contributed by atoms with E-state index in [1.165, 1.54) is 6.66 Å². The molecule has 0 aliphatic rings. The highest BCUT2D eigenvalue weighted by atomic mass is 32.5. The van der Waals surface area contributed by atoms with Gasteiger partial charge in [-0.05, 0) is 30.9 Å². The summed E-state index contributed by atoms with van der Waals surface area (Å²) in [5, 5.41) is 5.35. The number of carbonyl (C=O) groups is 2. The van der Waals surface area contributed by atoms with Crippen molar-refractivity contribution in [3.8, 4) is 0 Å². The summed E-state index contributed by atoms with van der Waals surface area (Å²) < 4.78 is 10.1. The Hall–Kier alpha value is -0.340. The number of thioether (sulfide) groups is 1. The van der Waals surface area contributed by atoms with Gasteiger partial charge >= 0.3 is 6.09 Å². The lowest BCUT2D eigenvalue weighted by Gasteiger charge is -2.10. The molecule has 24 heavy (non-hydrogen) atoms. The third-order valence-electron chi connectivity index (χ3n) is 2.86. The van der Waals surface area contributed by atoms with Gasteiger partial charge in [-0.1, -0.05) is 12.8 Å². The zero-order valence-corrected chi connectivity index (χ0v) is 16.9. The van der Waals surface area contributed by atoms with E-state index in [2.05, 4.69) is 10.6 Å². The maximum absolute atomic E-state index is 11.4. The van der Waals surface area contributed by atoms with E-state index in [1.807, 2.05) is 6.26 Å². The second-order valence-corrected chi connectivity index (χ2v) is 10.1. The second-order valence-electron chi connectivity index (χ2n) is 5.21. The molecular formula is C14H29N2O5PS2. The summed E-state index contributed by atoms with van der Waals surface area (Å²) in [5.41, 5.74) is 0. The molecule has 0 aliphatic heterocycles. The van der Waals surface area contributed by atoms with Crippen molar-refractivity contribution in [3.05, 3.63) is 0 Å². The summed E-state index contributed by atoms with van der Waals surface area (Å²) in [7, 11) is 0. The van der Waals surface area contributed by atoms with Gasteiger partial charge in [0.2, 0.25) is 5.91 Å². The smallest absolute Gasteiger partial charge is 0.407 e. The minimum atomic E-state index is -2.53. The number of amides is 2. The minimum Gasteiger partial charge on any atom is -0.448 e. The van der Waals surface area contributed by atoms with Crippen LogP contribution in [0.25, 0.3) is 0 Å². The van der Waals surface area contributed by atoms with Crippen molar-refractivity contribution in [1.29, 1.82) is 0 Å². The number of unbranched alkanes of at least 4 members (excludes halogenated alkanes) is 3. The summed E-state index contributed by atoms with van der Waals surface area (Å²) in [4.78, 5) is 32.0. The molecule has 0 saturated heterocycles. The van der Waals surface area contributed by atoms with E-state index in [4.69, 9.17) is 21.1 Å². The van der Waals surface area contributed by atoms with E-state index in [1.54, 1.807) is 11.8 Å². The molecule has 0 saturated carbocycles. The standard InChI is InChI=1S/C14H29N2O5PS2/c1-22(19,23)21-10-6-4-3-5-8-16-14(18)20-11-9-15-13(17)7-12-24-2/h3-12H2,1-2H3,(H,15,17)(H,16,18)(H,19,23). The molecule has 0 radical (unpaired) electrons. The van der Waals surface area contributed by atoms with E-state index in [0.717, 1.165) is 31.4 Å². The monoisotopic (exact) mass is 400 g/mol. The number of hydrogen-bond acceptors (Lipinski definition) is 6. The first-order chi connectivity index (χ1) is 11.3. The zero-order valence-electron chi connectivity index (χ0n) is 14.4. The summed E-state index contributed by atoms with van der Waals surface area (Å²) in [6.07, 6.45) is 5.55. The third kappa shape index (κ3) is 18.0. The maximum Gasteiger partial charge on any atom is 0.407 e. The van der Waals surface area contributed by atoms with Crippen LogP contribution in [0.3, 0.4) is 0 Å². The van der Waals surface area contributed by atoms with E-state index in [-0.39, 0.29) is 12.5 Å². The van der Waals surface area contributed by atoms with Crippen LogP contribution in [0.1, 0.15) is 32.1 Å². The Morgan fingerprint density at radius 2 is 1.83 bits per heavy atom. The molecule has 0 aromatic carbocycles. The molecule has 0 bridgehead atoms. The molecule has 1 atom stereocenters. The molecule has 0 aliphatic carbocycles. The van der Waals surface area contributed by atoms with Crippen molar-refractivity contribution >= 4 is 42.1 Å².